The molecule has 0 aliphatic carbocycles. The van der Waals surface area contributed by atoms with E-state index in [0.717, 1.165) is 19.0 Å². The van der Waals surface area contributed by atoms with Gasteiger partial charge < -0.3 is 5.11 Å². The molecule has 2 unspecified atom stereocenters. The molecule has 1 aromatic rings. The lowest BCUT2D eigenvalue weighted by atomic mass is 9.85. The molecule has 2 rings (SSSR count). The van der Waals surface area contributed by atoms with Crippen molar-refractivity contribution in [2.75, 3.05) is 19.3 Å². The summed E-state index contributed by atoms with van der Waals surface area (Å²) >= 11 is 0. The molecule has 1 N–H and O–H groups in total. The van der Waals surface area contributed by atoms with Crippen molar-refractivity contribution in [1.82, 2.24) is 9.29 Å². The van der Waals surface area contributed by atoms with Crippen LogP contribution in [0.25, 0.3) is 0 Å². The Balaban J connectivity index is 2.07. The average Bonchev–Trinajstić information content (AvgIpc) is 2.38. The van der Waals surface area contributed by atoms with E-state index in [4.69, 9.17) is 0 Å². The van der Waals surface area contributed by atoms with Gasteiger partial charge in [0, 0.05) is 13.1 Å². The minimum Gasteiger partial charge on any atom is -0.384 e. The van der Waals surface area contributed by atoms with Gasteiger partial charge in [0.05, 0.1) is 18.1 Å². The van der Waals surface area contributed by atoms with E-state index >= 15 is 0 Å². The fourth-order valence-electron chi connectivity index (χ4n) is 2.86. The maximum Gasteiger partial charge on any atom is 0.211 e. The summed E-state index contributed by atoms with van der Waals surface area (Å²) in [4.78, 5) is 3.93. The first-order valence-electron chi connectivity index (χ1n) is 6.98. The van der Waals surface area contributed by atoms with Crippen molar-refractivity contribution in [3.63, 3.8) is 0 Å². The first kappa shape index (κ1) is 16.3. The van der Waals surface area contributed by atoms with Gasteiger partial charge in [-0.2, -0.15) is 0 Å². The Labute approximate surface area is 124 Å². The van der Waals surface area contributed by atoms with E-state index < -0.39 is 21.4 Å². The number of piperidine rings is 1. The average molecular weight is 316 g/mol. The van der Waals surface area contributed by atoms with E-state index in [-0.39, 0.29) is 5.92 Å². The molecule has 2 heterocycles. The zero-order valence-electron chi connectivity index (χ0n) is 12.3. The van der Waals surface area contributed by atoms with Gasteiger partial charge in [0.25, 0.3) is 0 Å². The highest BCUT2D eigenvalue weighted by molar-refractivity contribution is 7.88. The molecule has 0 bridgehead atoms. The van der Waals surface area contributed by atoms with Crippen LogP contribution in [-0.2, 0) is 15.6 Å². The SMILES string of the molecule is CC(O)(CC1CCCN(S(C)(=O)=O)C1)c1ccc(F)cn1. The number of hydrogen-bond donors (Lipinski definition) is 1. The molecular weight excluding hydrogens is 295 g/mol. The molecule has 1 fully saturated rings. The first-order chi connectivity index (χ1) is 9.68. The first-order valence-corrected chi connectivity index (χ1v) is 8.83. The fourth-order valence-corrected chi connectivity index (χ4v) is 3.80. The molecule has 0 amide bonds. The van der Waals surface area contributed by atoms with Gasteiger partial charge in [-0.1, -0.05) is 0 Å². The topological polar surface area (TPSA) is 70.5 Å². The number of pyridine rings is 1. The third-order valence-electron chi connectivity index (χ3n) is 3.92. The van der Waals surface area contributed by atoms with Gasteiger partial charge in [0.15, 0.2) is 0 Å². The Morgan fingerprint density at radius 2 is 2.24 bits per heavy atom. The molecule has 7 heteroatoms. The van der Waals surface area contributed by atoms with Gasteiger partial charge in [0.1, 0.15) is 11.4 Å². The molecule has 21 heavy (non-hydrogen) atoms. The van der Waals surface area contributed by atoms with E-state index in [0.29, 0.717) is 25.2 Å². The molecule has 0 saturated carbocycles. The van der Waals surface area contributed by atoms with Crippen molar-refractivity contribution in [2.24, 2.45) is 5.92 Å². The van der Waals surface area contributed by atoms with Crippen LogP contribution in [0, 0.1) is 11.7 Å². The van der Waals surface area contributed by atoms with Gasteiger partial charge in [-0.15, -0.1) is 0 Å². The minimum atomic E-state index is -3.20. The molecule has 0 aromatic carbocycles. The Morgan fingerprint density at radius 3 is 2.81 bits per heavy atom. The summed E-state index contributed by atoms with van der Waals surface area (Å²) in [6, 6.07) is 2.73. The Hall–Kier alpha value is -1.05. The number of aliphatic hydroxyl groups is 1. The maximum atomic E-state index is 12.9. The lowest BCUT2D eigenvalue weighted by molar-refractivity contribution is 0.0171. The lowest BCUT2D eigenvalue weighted by Crippen LogP contribution is -2.41. The summed E-state index contributed by atoms with van der Waals surface area (Å²) in [6.07, 6.45) is 4.33. The van der Waals surface area contributed by atoms with Crippen LogP contribution in [0.4, 0.5) is 4.39 Å². The highest BCUT2D eigenvalue weighted by Gasteiger charge is 2.33. The van der Waals surface area contributed by atoms with Crippen LogP contribution < -0.4 is 0 Å². The number of halogens is 1. The largest absolute Gasteiger partial charge is 0.384 e. The minimum absolute atomic E-state index is 0.0651. The summed E-state index contributed by atoms with van der Waals surface area (Å²) in [6.45, 7) is 2.58. The third-order valence-corrected chi connectivity index (χ3v) is 5.19. The number of sulfonamides is 1. The third kappa shape index (κ3) is 4.21. The van der Waals surface area contributed by atoms with E-state index in [1.54, 1.807) is 6.92 Å². The van der Waals surface area contributed by atoms with Gasteiger partial charge in [-0.3, -0.25) is 4.98 Å². The van der Waals surface area contributed by atoms with E-state index in [1.807, 2.05) is 0 Å². The van der Waals surface area contributed by atoms with E-state index in [1.165, 1.54) is 22.7 Å². The molecule has 0 spiro atoms. The smallest absolute Gasteiger partial charge is 0.211 e. The second-order valence-electron chi connectivity index (χ2n) is 5.97. The van der Waals surface area contributed by atoms with E-state index in [2.05, 4.69) is 4.98 Å². The highest BCUT2D eigenvalue weighted by atomic mass is 32.2. The molecule has 0 radical (unpaired) electrons. The van der Waals surface area contributed by atoms with Gasteiger partial charge in [-0.05, 0) is 44.2 Å². The Bertz CT molecular complexity index is 587. The van der Waals surface area contributed by atoms with Crippen molar-refractivity contribution in [3.05, 3.63) is 29.8 Å². The van der Waals surface area contributed by atoms with Crippen molar-refractivity contribution in [2.45, 2.75) is 31.8 Å². The quantitative estimate of drug-likeness (QED) is 0.913. The second-order valence-corrected chi connectivity index (χ2v) is 7.95. The number of hydrogen-bond acceptors (Lipinski definition) is 4. The predicted molar refractivity (Wildman–Crippen MR) is 77.5 cm³/mol. The molecule has 1 aromatic heterocycles. The van der Waals surface area contributed by atoms with Crippen LogP contribution in [-0.4, -0.2) is 42.2 Å². The van der Waals surface area contributed by atoms with Crippen LogP contribution in [0.15, 0.2) is 18.3 Å². The summed E-state index contributed by atoms with van der Waals surface area (Å²) in [5.74, 6) is -0.384. The van der Waals surface area contributed by atoms with Crippen LogP contribution in [0.5, 0.6) is 0 Å². The van der Waals surface area contributed by atoms with E-state index in [9.17, 15) is 17.9 Å². The fraction of sp³-hybridized carbons (Fsp3) is 0.643. The monoisotopic (exact) mass is 316 g/mol. The molecule has 1 aliphatic rings. The van der Waals surface area contributed by atoms with Crippen molar-refractivity contribution in [1.29, 1.82) is 0 Å². The highest BCUT2D eigenvalue weighted by Crippen LogP contribution is 2.31. The summed E-state index contributed by atoms with van der Waals surface area (Å²) < 4.78 is 37.6. The maximum absolute atomic E-state index is 12.9. The standard InChI is InChI=1S/C14H21FN2O3S/c1-14(18,13-6-5-12(15)9-16-13)8-11-4-3-7-17(10-11)21(2,19)20/h5-6,9,11,18H,3-4,7-8,10H2,1-2H3. The van der Waals surface area contributed by atoms with Crippen LogP contribution in [0.3, 0.4) is 0 Å². The van der Waals surface area contributed by atoms with Gasteiger partial charge >= 0.3 is 0 Å². The van der Waals surface area contributed by atoms with Gasteiger partial charge in [-0.25, -0.2) is 17.1 Å². The summed E-state index contributed by atoms with van der Waals surface area (Å²) in [7, 11) is -3.20. The molecule has 1 aliphatic heterocycles. The summed E-state index contributed by atoms with van der Waals surface area (Å²) in [5, 5.41) is 10.6. The van der Waals surface area contributed by atoms with Crippen LogP contribution in [0.1, 0.15) is 31.9 Å². The van der Waals surface area contributed by atoms with Crippen molar-refractivity contribution >= 4 is 10.0 Å². The number of aromatic nitrogens is 1. The predicted octanol–water partition coefficient (Wildman–Crippen LogP) is 1.49. The summed E-state index contributed by atoms with van der Waals surface area (Å²) in [5.41, 5.74) is -0.792. The Kier molecular flexibility index (Phi) is 4.65. The zero-order chi connectivity index (χ0) is 15.7. The zero-order valence-corrected chi connectivity index (χ0v) is 13.1. The number of rotatable bonds is 4. The number of nitrogens with zero attached hydrogens (tertiary/aromatic N) is 2. The molecule has 118 valence electrons. The second kappa shape index (κ2) is 5.98. The van der Waals surface area contributed by atoms with Crippen LogP contribution in [0.2, 0.25) is 0 Å². The Morgan fingerprint density at radius 1 is 1.52 bits per heavy atom. The van der Waals surface area contributed by atoms with Gasteiger partial charge in [0.2, 0.25) is 10.0 Å². The molecule has 5 nitrogen and oxygen atoms in total. The molecular formula is C14H21FN2O3S. The normalized spacial score (nSPS) is 23.7. The van der Waals surface area contributed by atoms with Crippen molar-refractivity contribution in [3.8, 4) is 0 Å². The van der Waals surface area contributed by atoms with Crippen molar-refractivity contribution < 1.29 is 17.9 Å². The molecule has 1 saturated heterocycles. The lowest BCUT2D eigenvalue weighted by Gasteiger charge is -2.35. The molecule has 2 atom stereocenters. The van der Waals surface area contributed by atoms with Crippen LogP contribution >= 0.6 is 0 Å².